The molecule has 1 heterocycles. The molecular weight excluding hydrogens is 228 g/mol. The Hall–Kier alpha value is -1.69. The van der Waals surface area contributed by atoms with Crippen molar-refractivity contribution in [2.45, 2.75) is 12.6 Å². The van der Waals surface area contributed by atoms with Gasteiger partial charge >= 0.3 is 0 Å². The van der Waals surface area contributed by atoms with Gasteiger partial charge in [-0.2, -0.15) is 0 Å². The second-order valence-electron chi connectivity index (χ2n) is 4.26. The molecule has 2 rings (SSSR count). The first-order chi connectivity index (χ1) is 8.74. The zero-order valence-electron chi connectivity index (χ0n) is 10.1. The van der Waals surface area contributed by atoms with E-state index in [0.717, 1.165) is 10.9 Å². The minimum absolute atomic E-state index is 0.0378. The van der Waals surface area contributed by atoms with Crippen LogP contribution in [0.1, 0.15) is 5.56 Å². The Morgan fingerprint density at radius 2 is 1.94 bits per heavy atom. The van der Waals surface area contributed by atoms with Crippen LogP contribution in [0.25, 0.3) is 10.9 Å². The molecule has 0 aliphatic rings. The van der Waals surface area contributed by atoms with E-state index in [-0.39, 0.29) is 11.6 Å². The fourth-order valence-corrected chi connectivity index (χ4v) is 1.84. The van der Waals surface area contributed by atoms with E-state index in [2.05, 4.69) is 10.3 Å². The fraction of sp³-hybridized carbons (Fsp3) is 0.308. The molecule has 0 unspecified atom stereocenters. The predicted molar refractivity (Wildman–Crippen MR) is 73.3 cm³/mol. The van der Waals surface area contributed by atoms with Crippen LogP contribution < -0.4 is 22.3 Å². The van der Waals surface area contributed by atoms with Crippen molar-refractivity contribution in [3.05, 3.63) is 46.2 Å². The van der Waals surface area contributed by atoms with E-state index in [4.69, 9.17) is 11.5 Å². The number of nitrogens with one attached hydrogen (secondary N) is 2. The van der Waals surface area contributed by atoms with E-state index in [1.807, 2.05) is 30.3 Å². The molecule has 6 N–H and O–H groups in total. The van der Waals surface area contributed by atoms with Gasteiger partial charge in [-0.3, -0.25) is 4.79 Å². The molecule has 0 bridgehead atoms. The number of pyridine rings is 1. The number of H-pyrrole nitrogens is 1. The molecule has 0 spiro atoms. The summed E-state index contributed by atoms with van der Waals surface area (Å²) in [5.74, 6) is 0. The highest BCUT2D eigenvalue weighted by atomic mass is 16.1. The van der Waals surface area contributed by atoms with Gasteiger partial charge < -0.3 is 21.8 Å². The van der Waals surface area contributed by atoms with E-state index in [9.17, 15) is 4.79 Å². The maximum absolute atomic E-state index is 11.9. The molecule has 0 amide bonds. The minimum atomic E-state index is -0.0750. The van der Waals surface area contributed by atoms with Crippen molar-refractivity contribution in [3.63, 3.8) is 0 Å². The first-order valence-electron chi connectivity index (χ1n) is 5.99. The van der Waals surface area contributed by atoms with Crippen LogP contribution in [0.2, 0.25) is 0 Å². The van der Waals surface area contributed by atoms with Gasteiger partial charge in [0, 0.05) is 36.8 Å². The molecule has 0 radical (unpaired) electrons. The summed E-state index contributed by atoms with van der Waals surface area (Å²) in [6, 6.07) is 9.63. The molecule has 0 aliphatic heterocycles. The summed E-state index contributed by atoms with van der Waals surface area (Å²) in [6.45, 7) is 1.39. The Bertz CT molecular complexity index is 574. The third-order valence-electron chi connectivity index (χ3n) is 2.98. The highest BCUT2D eigenvalue weighted by Crippen LogP contribution is 2.09. The van der Waals surface area contributed by atoms with Crippen LogP contribution in [0.3, 0.4) is 0 Å². The average Bonchev–Trinajstić information content (AvgIpc) is 2.40. The molecule has 0 aliphatic carbocycles. The molecule has 1 aromatic carbocycles. The second kappa shape index (κ2) is 5.77. The standard InChI is InChI=1S/C13H18N4O/c14-6-11(7-15)16-8-10-5-9-3-1-2-4-12(9)17-13(10)18/h1-5,11,16H,6-8,14-15H2,(H,17,18). The average molecular weight is 246 g/mol. The second-order valence-corrected chi connectivity index (χ2v) is 4.26. The SMILES string of the molecule is NCC(CN)NCc1cc2ccccc2[nH]c1=O. The predicted octanol–water partition coefficient (Wildman–Crippen LogP) is -0.0963. The lowest BCUT2D eigenvalue weighted by molar-refractivity contribution is 0.525. The van der Waals surface area contributed by atoms with E-state index in [1.165, 1.54) is 0 Å². The Morgan fingerprint density at radius 3 is 2.67 bits per heavy atom. The summed E-state index contributed by atoms with van der Waals surface area (Å²) in [4.78, 5) is 14.7. The van der Waals surface area contributed by atoms with Crippen LogP contribution in [-0.2, 0) is 6.54 Å². The number of rotatable bonds is 5. The summed E-state index contributed by atoms with van der Waals surface area (Å²) in [6.07, 6.45) is 0. The Morgan fingerprint density at radius 1 is 1.22 bits per heavy atom. The van der Waals surface area contributed by atoms with Crippen molar-refractivity contribution >= 4 is 10.9 Å². The molecule has 5 nitrogen and oxygen atoms in total. The molecule has 2 aromatic rings. The molecule has 0 saturated carbocycles. The molecule has 0 atom stereocenters. The fourth-order valence-electron chi connectivity index (χ4n) is 1.84. The summed E-state index contributed by atoms with van der Waals surface area (Å²) in [5, 5.41) is 4.19. The van der Waals surface area contributed by atoms with Gasteiger partial charge in [0.15, 0.2) is 0 Å². The lowest BCUT2D eigenvalue weighted by Gasteiger charge is -2.14. The van der Waals surface area contributed by atoms with Crippen molar-refractivity contribution < 1.29 is 0 Å². The Labute approximate surface area is 105 Å². The van der Waals surface area contributed by atoms with Gasteiger partial charge in [0.2, 0.25) is 0 Å². The number of benzene rings is 1. The number of aromatic amines is 1. The molecule has 0 fully saturated rings. The van der Waals surface area contributed by atoms with Crippen LogP contribution in [-0.4, -0.2) is 24.1 Å². The van der Waals surface area contributed by atoms with Crippen molar-refractivity contribution in [2.24, 2.45) is 11.5 Å². The van der Waals surface area contributed by atoms with Crippen LogP contribution in [0.5, 0.6) is 0 Å². The quantitative estimate of drug-likeness (QED) is 0.592. The third-order valence-corrected chi connectivity index (χ3v) is 2.98. The summed E-state index contributed by atoms with van der Waals surface area (Å²) in [7, 11) is 0. The zero-order chi connectivity index (χ0) is 13.0. The lowest BCUT2D eigenvalue weighted by atomic mass is 10.1. The van der Waals surface area contributed by atoms with E-state index in [1.54, 1.807) is 0 Å². The van der Waals surface area contributed by atoms with Crippen LogP contribution in [0, 0.1) is 0 Å². The first kappa shape index (κ1) is 12.8. The molecule has 96 valence electrons. The summed E-state index contributed by atoms with van der Waals surface area (Å²) in [5.41, 5.74) is 12.6. The van der Waals surface area contributed by atoms with Crippen molar-refractivity contribution in [3.8, 4) is 0 Å². The third kappa shape index (κ3) is 2.76. The number of aromatic nitrogens is 1. The van der Waals surface area contributed by atoms with Gasteiger partial charge in [0.25, 0.3) is 5.56 Å². The number of para-hydroxylation sites is 1. The van der Waals surface area contributed by atoms with E-state index in [0.29, 0.717) is 25.2 Å². The number of hydrogen-bond donors (Lipinski definition) is 4. The Kier molecular flexibility index (Phi) is 4.09. The number of nitrogens with two attached hydrogens (primary N) is 2. The lowest BCUT2D eigenvalue weighted by Crippen LogP contribution is -2.42. The molecule has 5 heteroatoms. The van der Waals surface area contributed by atoms with Crippen LogP contribution >= 0.6 is 0 Å². The largest absolute Gasteiger partial charge is 0.329 e. The van der Waals surface area contributed by atoms with Gasteiger partial charge in [-0.05, 0) is 17.5 Å². The highest BCUT2D eigenvalue weighted by Gasteiger charge is 2.06. The van der Waals surface area contributed by atoms with E-state index >= 15 is 0 Å². The summed E-state index contributed by atoms with van der Waals surface area (Å²) >= 11 is 0. The minimum Gasteiger partial charge on any atom is -0.329 e. The van der Waals surface area contributed by atoms with Gasteiger partial charge in [0.05, 0.1) is 0 Å². The van der Waals surface area contributed by atoms with Crippen LogP contribution in [0.4, 0.5) is 0 Å². The molecule has 1 aromatic heterocycles. The van der Waals surface area contributed by atoms with Gasteiger partial charge in [-0.25, -0.2) is 0 Å². The molecule has 18 heavy (non-hydrogen) atoms. The smallest absolute Gasteiger partial charge is 0.252 e. The molecular formula is C13H18N4O. The van der Waals surface area contributed by atoms with Gasteiger partial charge in [-0.15, -0.1) is 0 Å². The highest BCUT2D eigenvalue weighted by molar-refractivity contribution is 5.78. The first-order valence-corrected chi connectivity index (χ1v) is 5.99. The van der Waals surface area contributed by atoms with Crippen molar-refractivity contribution in [2.75, 3.05) is 13.1 Å². The monoisotopic (exact) mass is 246 g/mol. The van der Waals surface area contributed by atoms with Gasteiger partial charge in [0.1, 0.15) is 0 Å². The number of fused-ring (bicyclic) bond motifs is 1. The van der Waals surface area contributed by atoms with Crippen LogP contribution in [0.15, 0.2) is 35.1 Å². The maximum atomic E-state index is 11.9. The normalized spacial score (nSPS) is 11.3. The van der Waals surface area contributed by atoms with Crippen molar-refractivity contribution in [1.82, 2.24) is 10.3 Å². The van der Waals surface area contributed by atoms with E-state index < -0.39 is 0 Å². The Balaban J connectivity index is 2.23. The summed E-state index contributed by atoms with van der Waals surface area (Å²) < 4.78 is 0. The molecule has 0 saturated heterocycles. The maximum Gasteiger partial charge on any atom is 0.252 e. The van der Waals surface area contributed by atoms with Crippen molar-refractivity contribution in [1.29, 1.82) is 0 Å². The van der Waals surface area contributed by atoms with Gasteiger partial charge in [-0.1, -0.05) is 18.2 Å². The number of hydrogen-bond acceptors (Lipinski definition) is 4. The zero-order valence-corrected chi connectivity index (χ0v) is 10.1. The topological polar surface area (TPSA) is 96.9 Å².